The van der Waals surface area contributed by atoms with Crippen molar-refractivity contribution < 1.29 is 5.21 Å². The summed E-state index contributed by atoms with van der Waals surface area (Å²) >= 11 is 0. The molecule has 0 amide bonds. The van der Waals surface area contributed by atoms with E-state index in [9.17, 15) is 0 Å². The van der Waals surface area contributed by atoms with Crippen LogP contribution in [0.4, 0.5) is 0 Å². The van der Waals surface area contributed by atoms with E-state index in [0.29, 0.717) is 0 Å². The zero-order valence-corrected chi connectivity index (χ0v) is 9.66. The van der Waals surface area contributed by atoms with Gasteiger partial charge in [-0.15, -0.1) is 12.4 Å². The first kappa shape index (κ1) is 11.0. The highest BCUT2D eigenvalue weighted by Gasteiger charge is 2.20. The molecule has 3 rings (SSSR count). The molecule has 0 bridgehead atoms. The Balaban J connectivity index is 0.000000963. The van der Waals surface area contributed by atoms with Crippen molar-refractivity contribution in [2.45, 2.75) is 19.9 Å². The minimum atomic E-state index is 0. The van der Waals surface area contributed by atoms with Crippen molar-refractivity contribution in [2.24, 2.45) is 5.16 Å². The molecule has 2 aromatic rings. The zero-order chi connectivity index (χ0) is 10.4. The van der Waals surface area contributed by atoms with Gasteiger partial charge in [0.15, 0.2) is 0 Å². The van der Waals surface area contributed by atoms with Crippen LogP contribution in [0.2, 0.25) is 0 Å². The van der Waals surface area contributed by atoms with E-state index >= 15 is 0 Å². The Kier molecular flexibility index (Phi) is 2.59. The minimum Gasteiger partial charge on any atom is -0.411 e. The molecule has 84 valence electrons. The molecule has 1 aliphatic heterocycles. The van der Waals surface area contributed by atoms with E-state index in [2.05, 4.69) is 14.7 Å². The van der Waals surface area contributed by atoms with E-state index < -0.39 is 0 Å². The summed E-state index contributed by atoms with van der Waals surface area (Å²) in [6, 6.07) is 5.92. The lowest BCUT2D eigenvalue weighted by molar-refractivity contribution is 0.317. The average molecular weight is 238 g/mol. The fourth-order valence-electron chi connectivity index (χ4n) is 2.26. The number of imidazole rings is 1. The van der Waals surface area contributed by atoms with E-state index in [1.165, 1.54) is 0 Å². The second-order valence-corrected chi connectivity index (χ2v) is 3.78. The number of aryl methyl sites for hydroxylation is 2. The summed E-state index contributed by atoms with van der Waals surface area (Å²) in [5.74, 6) is 1.02. The number of rotatable bonds is 0. The van der Waals surface area contributed by atoms with Gasteiger partial charge in [0.1, 0.15) is 5.82 Å². The predicted molar refractivity (Wildman–Crippen MR) is 64.7 cm³/mol. The lowest BCUT2D eigenvalue weighted by atomic mass is 10.0. The number of benzene rings is 1. The third-order valence-corrected chi connectivity index (χ3v) is 2.96. The topological polar surface area (TPSA) is 50.4 Å². The summed E-state index contributed by atoms with van der Waals surface area (Å²) in [6.07, 6.45) is 0.764. The van der Waals surface area contributed by atoms with E-state index in [1.807, 2.05) is 25.1 Å². The summed E-state index contributed by atoms with van der Waals surface area (Å²) in [7, 11) is 0. The highest BCUT2D eigenvalue weighted by molar-refractivity contribution is 6.10. The molecule has 1 aromatic heterocycles. The van der Waals surface area contributed by atoms with Crippen LogP contribution in [-0.2, 0) is 6.54 Å². The molecular weight excluding hydrogens is 226 g/mol. The Morgan fingerprint density at radius 2 is 2.25 bits per heavy atom. The maximum atomic E-state index is 8.93. The lowest BCUT2D eigenvalue weighted by Gasteiger charge is -2.16. The maximum absolute atomic E-state index is 8.93. The Bertz CT molecular complexity index is 574. The molecule has 0 aliphatic carbocycles. The Hall–Kier alpha value is -1.55. The van der Waals surface area contributed by atoms with Crippen molar-refractivity contribution in [3.05, 3.63) is 29.6 Å². The third kappa shape index (κ3) is 1.30. The van der Waals surface area contributed by atoms with E-state index in [-0.39, 0.29) is 12.4 Å². The summed E-state index contributed by atoms with van der Waals surface area (Å²) in [5.41, 5.74) is 3.83. The molecule has 0 atom stereocenters. The van der Waals surface area contributed by atoms with Crippen LogP contribution in [0, 0.1) is 6.92 Å². The fraction of sp³-hybridized carbons (Fsp3) is 0.273. The summed E-state index contributed by atoms with van der Waals surface area (Å²) in [4.78, 5) is 4.48. The smallest absolute Gasteiger partial charge is 0.106 e. The Morgan fingerprint density at radius 3 is 3.00 bits per heavy atom. The third-order valence-electron chi connectivity index (χ3n) is 2.96. The van der Waals surface area contributed by atoms with Gasteiger partial charge in [0.25, 0.3) is 0 Å². The van der Waals surface area contributed by atoms with Crippen LogP contribution < -0.4 is 0 Å². The van der Waals surface area contributed by atoms with Gasteiger partial charge < -0.3 is 9.77 Å². The van der Waals surface area contributed by atoms with Gasteiger partial charge in [-0.3, -0.25) is 0 Å². The lowest BCUT2D eigenvalue weighted by Crippen LogP contribution is -2.15. The number of aromatic nitrogens is 2. The second kappa shape index (κ2) is 3.79. The average Bonchev–Trinajstić information content (AvgIpc) is 2.58. The standard InChI is InChI=1S/C11H11N3O.ClH/c1-7-12-10-4-2-3-8-9(13-15)5-6-14(7)11(8)10;/h2-4,15H,5-6H2,1H3;1H/b13-9+;. The monoisotopic (exact) mass is 237 g/mol. The van der Waals surface area contributed by atoms with Gasteiger partial charge in [0.2, 0.25) is 0 Å². The number of halogens is 1. The normalized spacial score (nSPS) is 16.4. The van der Waals surface area contributed by atoms with Crippen molar-refractivity contribution in [2.75, 3.05) is 0 Å². The molecule has 5 heteroatoms. The van der Waals surface area contributed by atoms with E-state index in [0.717, 1.165) is 41.1 Å². The number of hydrogen-bond donors (Lipinski definition) is 1. The van der Waals surface area contributed by atoms with Gasteiger partial charge in [-0.1, -0.05) is 17.3 Å². The summed E-state index contributed by atoms with van der Waals surface area (Å²) in [6.45, 7) is 2.85. The van der Waals surface area contributed by atoms with E-state index in [4.69, 9.17) is 5.21 Å². The molecule has 1 N–H and O–H groups in total. The largest absolute Gasteiger partial charge is 0.411 e. The number of hydrogen-bond acceptors (Lipinski definition) is 3. The SMILES string of the molecule is Cc1nc2cccc3c2n1CC/C3=N\O.Cl. The van der Waals surface area contributed by atoms with Gasteiger partial charge in [0, 0.05) is 18.5 Å². The van der Waals surface area contributed by atoms with Crippen LogP contribution in [0.1, 0.15) is 17.8 Å². The van der Waals surface area contributed by atoms with Gasteiger partial charge in [0.05, 0.1) is 16.7 Å². The summed E-state index contributed by atoms with van der Waals surface area (Å²) in [5, 5.41) is 12.3. The van der Waals surface area contributed by atoms with Crippen LogP contribution in [0.15, 0.2) is 23.4 Å². The van der Waals surface area contributed by atoms with Crippen molar-refractivity contribution >= 4 is 29.2 Å². The van der Waals surface area contributed by atoms with Gasteiger partial charge in [-0.25, -0.2) is 4.98 Å². The van der Waals surface area contributed by atoms with Crippen molar-refractivity contribution in [3.8, 4) is 0 Å². The van der Waals surface area contributed by atoms with Gasteiger partial charge >= 0.3 is 0 Å². The molecule has 0 saturated carbocycles. The molecule has 0 saturated heterocycles. The van der Waals surface area contributed by atoms with E-state index in [1.54, 1.807) is 0 Å². The van der Waals surface area contributed by atoms with Crippen molar-refractivity contribution in [1.29, 1.82) is 0 Å². The molecule has 1 aliphatic rings. The van der Waals surface area contributed by atoms with Crippen LogP contribution in [0.3, 0.4) is 0 Å². The zero-order valence-electron chi connectivity index (χ0n) is 8.84. The molecule has 4 nitrogen and oxygen atoms in total. The Labute approximate surface area is 99.0 Å². The van der Waals surface area contributed by atoms with Crippen LogP contribution in [0.5, 0.6) is 0 Å². The summed E-state index contributed by atoms with van der Waals surface area (Å²) < 4.78 is 2.18. The maximum Gasteiger partial charge on any atom is 0.106 e. The molecule has 0 spiro atoms. The number of para-hydroxylation sites is 1. The number of nitrogens with zero attached hydrogens (tertiary/aromatic N) is 3. The Morgan fingerprint density at radius 1 is 1.44 bits per heavy atom. The molecule has 1 aromatic carbocycles. The quantitative estimate of drug-likeness (QED) is 0.565. The molecule has 0 radical (unpaired) electrons. The first-order valence-corrected chi connectivity index (χ1v) is 4.98. The van der Waals surface area contributed by atoms with Crippen molar-refractivity contribution in [1.82, 2.24) is 9.55 Å². The fourth-order valence-corrected chi connectivity index (χ4v) is 2.26. The highest BCUT2D eigenvalue weighted by Crippen LogP contribution is 2.26. The van der Waals surface area contributed by atoms with Crippen molar-refractivity contribution in [3.63, 3.8) is 0 Å². The molecule has 16 heavy (non-hydrogen) atoms. The molecule has 0 unspecified atom stereocenters. The molecule has 2 heterocycles. The van der Waals surface area contributed by atoms with Gasteiger partial charge in [-0.2, -0.15) is 0 Å². The first-order valence-electron chi connectivity index (χ1n) is 4.98. The number of oxime groups is 1. The van der Waals surface area contributed by atoms with Crippen LogP contribution in [0.25, 0.3) is 11.0 Å². The van der Waals surface area contributed by atoms with Crippen LogP contribution in [-0.4, -0.2) is 20.5 Å². The molecule has 0 fully saturated rings. The second-order valence-electron chi connectivity index (χ2n) is 3.78. The first-order chi connectivity index (χ1) is 7.31. The van der Waals surface area contributed by atoms with Gasteiger partial charge in [-0.05, 0) is 13.0 Å². The minimum absolute atomic E-state index is 0. The highest BCUT2D eigenvalue weighted by atomic mass is 35.5. The van der Waals surface area contributed by atoms with Crippen LogP contribution >= 0.6 is 12.4 Å². The molecular formula is C11H12ClN3O. The predicted octanol–water partition coefficient (Wildman–Crippen LogP) is 2.35.